The number of halogens is 1. The Morgan fingerprint density at radius 2 is 1.93 bits per heavy atom. The van der Waals surface area contributed by atoms with Crippen LogP contribution in [0.5, 0.6) is 11.5 Å². The van der Waals surface area contributed by atoms with Gasteiger partial charge in [0.2, 0.25) is 0 Å². The average Bonchev–Trinajstić information content (AvgIpc) is 3.29. The number of hydrogen-bond donors (Lipinski definition) is 1. The van der Waals surface area contributed by atoms with Gasteiger partial charge in [-0.2, -0.15) is 5.10 Å². The fraction of sp³-hybridized carbons (Fsp3) is 0.0952. The Balaban J connectivity index is 1.45. The Morgan fingerprint density at radius 3 is 2.79 bits per heavy atom. The molecule has 7 nitrogen and oxygen atoms in total. The van der Waals surface area contributed by atoms with E-state index in [2.05, 4.69) is 20.4 Å². The lowest BCUT2D eigenvalue weighted by Gasteiger charge is -2.12. The molecule has 8 heteroatoms. The van der Waals surface area contributed by atoms with E-state index in [1.165, 1.54) is 6.33 Å². The second-order valence-electron chi connectivity index (χ2n) is 6.71. The lowest BCUT2D eigenvalue weighted by Crippen LogP contribution is -1.98. The molecule has 0 atom stereocenters. The van der Waals surface area contributed by atoms with Crippen molar-refractivity contribution in [1.29, 1.82) is 0 Å². The van der Waals surface area contributed by atoms with Crippen molar-refractivity contribution in [3.8, 4) is 11.5 Å². The van der Waals surface area contributed by atoms with Crippen LogP contribution in [0.1, 0.15) is 0 Å². The van der Waals surface area contributed by atoms with Crippen LogP contribution in [0, 0.1) is 0 Å². The molecule has 0 saturated carbocycles. The molecule has 29 heavy (non-hydrogen) atoms. The molecule has 0 aliphatic carbocycles. The number of aryl methyl sites for hydroxylation is 2. The van der Waals surface area contributed by atoms with Crippen molar-refractivity contribution in [2.24, 2.45) is 14.1 Å². The van der Waals surface area contributed by atoms with Crippen molar-refractivity contribution in [2.75, 3.05) is 5.32 Å². The number of nitrogens with one attached hydrogen (secondary N) is 1. The molecule has 1 N–H and O–H groups in total. The summed E-state index contributed by atoms with van der Waals surface area (Å²) >= 11 is 6.51. The van der Waals surface area contributed by atoms with E-state index in [9.17, 15) is 0 Å². The second kappa shape index (κ2) is 6.79. The van der Waals surface area contributed by atoms with E-state index in [4.69, 9.17) is 16.3 Å². The molecule has 0 fully saturated rings. The zero-order valence-corrected chi connectivity index (χ0v) is 16.6. The lowest BCUT2D eigenvalue weighted by atomic mass is 10.2. The number of benzene rings is 2. The second-order valence-corrected chi connectivity index (χ2v) is 7.12. The summed E-state index contributed by atoms with van der Waals surface area (Å²) in [6.45, 7) is 0. The van der Waals surface area contributed by atoms with Crippen molar-refractivity contribution in [1.82, 2.24) is 24.3 Å². The summed E-state index contributed by atoms with van der Waals surface area (Å²) in [6, 6.07) is 13.3. The van der Waals surface area contributed by atoms with Crippen LogP contribution in [0.3, 0.4) is 0 Å². The SMILES string of the molecule is Cn1ccc2ncnc(Nc3ccc(Oc4cccc5c4cnn5C)c(Cl)c3)c21. The molecule has 0 unspecified atom stereocenters. The smallest absolute Gasteiger partial charge is 0.158 e. The summed E-state index contributed by atoms with van der Waals surface area (Å²) in [5.41, 5.74) is 3.60. The summed E-state index contributed by atoms with van der Waals surface area (Å²) in [5.74, 6) is 1.99. The lowest BCUT2D eigenvalue weighted by molar-refractivity contribution is 0.488. The number of nitrogens with zero attached hydrogens (tertiary/aromatic N) is 5. The third-order valence-corrected chi connectivity index (χ3v) is 5.12. The van der Waals surface area contributed by atoms with E-state index in [1.54, 1.807) is 6.20 Å². The Bertz CT molecular complexity index is 1360. The molecule has 0 amide bonds. The van der Waals surface area contributed by atoms with Crippen LogP contribution in [0.25, 0.3) is 21.9 Å². The highest BCUT2D eigenvalue weighted by molar-refractivity contribution is 6.32. The van der Waals surface area contributed by atoms with Crippen molar-refractivity contribution in [3.63, 3.8) is 0 Å². The predicted molar refractivity (Wildman–Crippen MR) is 114 cm³/mol. The highest BCUT2D eigenvalue weighted by Crippen LogP contribution is 2.35. The van der Waals surface area contributed by atoms with Gasteiger partial charge in [0.25, 0.3) is 0 Å². The van der Waals surface area contributed by atoms with Gasteiger partial charge >= 0.3 is 0 Å². The minimum atomic E-state index is 0.494. The van der Waals surface area contributed by atoms with E-state index < -0.39 is 0 Å². The van der Waals surface area contributed by atoms with Crippen LogP contribution in [0.2, 0.25) is 5.02 Å². The number of fused-ring (bicyclic) bond motifs is 2. The van der Waals surface area contributed by atoms with Gasteiger partial charge in [0.1, 0.15) is 23.3 Å². The first-order valence-corrected chi connectivity index (χ1v) is 9.39. The summed E-state index contributed by atoms with van der Waals surface area (Å²) < 4.78 is 9.86. The average molecular weight is 405 g/mol. The zero-order chi connectivity index (χ0) is 20.0. The first kappa shape index (κ1) is 17.5. The van der Waals surface area contributed by atoms with Gasteiger partial charge in [0, 0.05) is 26.0 Å². The fourth-order valence-corrected chi connectivity index (χ4v) is 3.59. The standard InChI is InChI=1S/C21H17ClN6O/c1-27-9-8-16-20(27)21(24-12-23-16)26-13-6-7-19(15(22)10-13)29-18-5-3-4-17-14(18)11-25-28(17)2/h3-12H,1-2H3,(H,23,24,26). The minimum absolute atomic E-state index is 0.494. The number of hydrogen-bond acceptors (Lipinski definition) is 5. The number of ether oxygens (including phenoxy) is 1. The zero-order valence-electron chi connectivity index (χ0n) is 15.8. The molecule has 0 aliphatic rings. The first-order chi connectivity index (χ1) is 14.1. The Kier molecular flexibility index (Phi) is 4.10. The van der Waals surface area contributed by atoms with Gasteiger partial charge in [-0.1, -0.05) is 17.7 Å². The molecule has 5 rings (SSSR count). The first-order valence-electron chi connectivity index (χ1n) is 9.01. The maximum absolute atomic E-state index is 6.51. The van der Waals surface area contributed by atoms with Gasteiger partial charge in [-0.3, -0.25) is 4.68 Å². The van der Waals surface area contributed by atoms with Gasteiger partial charge in [0.15, 0.2) is 5.82 Å². The van der Waals surface area contributed by atoms with Gasteiger partial charge in [-0.15, -0.1) is 0 Å². The highest BCUT2D eigenvalue weighted by Gasteiger charge is 2.12. The molecule has 0 spiro atoms. The molecular formula is C21H17ClN6O. The summed E-state index contributed by atoms with van der Waals surface area (Å²) in [7, 11) is 3.86. The molecule has 0 bridgehead atoms. The van der Waals surface area contributed by atoms with Crippen LogP contribution in [-0.2, 0) is 14.1 Å². The van der Waals surface area contributed by atoms with E-state index in [-0.39, 0.29) is 0 Å². The molecule has 3 heterocycles. The Hall–Kier alpha value is -3.58. The fourth-order valence-electron chi connectivity index (χ4n) is 3.37. The van der Waals surface area contributed by atoms with Gasteiger partial charge in [0.05, 0.1) is 27.6 Å². The third-order valence-electron chi connectivity index (χ3n) is 4.83. The monoisotopic (exact) mass is 404 g/mol. The molecule has 0 radical (unpaired) electrons. The molecule has 3 aromatic heterocycles. The van der Waals surface area contributed by atoms with E-state index in [0.717, 1.165) is 27.6 Å². The Labute approximate surface area is 171 Å². The number of rotatable bonds is 4. The van der Waals surface area contributed by atoms with Crippen LogP contribution in [0.15, 0.2) is 61.2 Å². The molecule has 5 aromatic rings. The number of aromatic nitrogens is 5. The maximum Gasteiger partial charge on any atom is 0.158 e. The van der Waals surface area contributed by atoms with Crippen LogP contribution in [0.4, 0.5) is 11.5 Å². The molecule has 2 aromatic carbocycles. The van der Waals surface area contributed by atoms with Crippen molar-refractivity contribution >= 4 is 45.0 Å². The molecule has 144 valence electrons. The van der Waals surface area contributed by atoms with E-state index in [1.807, 2.05) is 72.0 Å². The van der Waals surface area contributed by atoms with Gasteiger partial charge < -0.3 is 14.6 Å². The quantitative estimate of drug-likeness (QED) is 0.454. The van der Waals surface area contributed by atoms with Crippen LogP contribution < -0.4 is 10.1 Å². The normalized spacial score (nSPS) is 11.3. The summed E-state index contributed by atoms with van der Waals surface area (Å²) in [4.78, 5) is 8.65. The van der Waals surface area contributed by atoms with Crippen LogP contribution >= 0.6 is 11.6 Å². The highest BCUT2D eigenvalue weighted by atomic mass is 35.5. The third kappa shape index (κ3) is 3.05. The topological polar surface area (TPSA) is 69.8 Å². The van der Waals surface area contributed by atoms with Crippen molar-refractivity contribution in [2.45, 2.75) is 0 Å². The summed E-state index contributed by atoms with van der Waals surface area (Å²) in [6.07, 6.45) is 5.28. The van der Waals surface area contributed by atoms with Gasteiger partial charge in [-0.25, -0.2) is 9.97 Å². The predicted octanol–water partition coefficient (Wildman–Crippen LogP) is 5.04. The summed E-state index contributed by atoms with van der Waals surface area (Å²) in [5, 5.41) is 9.03. The minimum Gasteiger partial charge on any atom is -0.455 e. The Morgan fingerprint density at radius 1 is 1.03 bits per heavy atom. The van der Waals surface area contributed by atoms with Crippen molar-refractivity contribution < 1.29 is 4.74 Å². The van der Waals surface area contributed by atoms with E-state index in [0.29, 0.717) is 22.3 Å². The van der Waals surface area contributed by atoms with Crippen LogP contribution in [-0.4, -0.2) is 24.3 Å². The maximum atomic E-state index is 6.51. The molecule has 0 aliphatic heterocycles. The van der Waals surface area contributed by atoms with Crippen molar-refractivity contribution in [3.05, 3.63) is 66.2 Å². The van der Waals surface area contributed by atoms with Gasteiger partial charge in [-0.05, 0) is 36.4 Å². The molecule has 0 saturated heterocycles. The largest absolute Gasteiger partial charge is 0.455 e. The van der Waals surface area contributed by atoms with E-state index >= 15 is 0 Å². The molecular weight excluding hydrogens is 388 g/mol. The number of anilines is 2.